The normalized spacial score (nSPS) is 12.1. The number of nitro groups is 1. The Morgan fingerprint density at radius 2 is 1.84 bits per heavy atom. The summed E-state index contributed by atoms with van der Waals surface area (Å²) in [4.78, 5) is 25.0. The molecule has 19 heavy (non-hydrogen) atoms. The summed E-state index contributed by atoms with van der Waals surface area (Å²) >= 11 is 0. The molecule has 0 saturated carbocycles. The molecule has 0 unspecified atom stereocenters. The van der Waals surface area contributed by atoms with Crippen LogP contribution in [0.25, 0.3) is 0 Å². The number of nitro benzene ring substituents is 1. The van der Waals surface area contributed by atoms with Gasteiger partial charge in [-0.3, -0.25) is 10.1 Å². The largest absolute Gasteiger partial charge is 0.442 e. The van der Waals surface area contributed by atoms with Gasteiger partial charge in [-0.25, -0.2) is 4.79 Å². The molecule has 0 atom stereocenters. The topological polar surface area (TPSA) is 108 Å². The number of rotatable bonds is 2. The summed E-state index contributed by atoms with van der Waals surface area (Å²) in [5.41, 5.74) is 5.32. The molecule has 0 fully saturated rings. The lowest BCUT2D eigenvalue weighted by atomic mass is 10.2. The molecule has 0 aromatic heterocycles. The first kappa shape index (κ1) is 14.6. The molecule has 1 amide bonds. The Balaban J connectivity index is 2.85. The first-order valence-corrected chi connectivity index (χ1v) is 5.51. The van der Waals surface area contributed by atoms with Crippen molar-refractivity contribution in [2.45, 2.75) is 26.4 Å². The van der Waals surface area contributed by atoms with E-state index in [0.717, 1.165) is 0 Å². The predicted molar refractivity (Wildman–Crippen MR) is 70.1 cm³/mol. The summed E-state index contributed by atoms with van der Waals surface area (Å²) in [7, 11) is 0. The molecule has 0 spiro atoms. The van der Waals surface area contributed by atoms with Gasteiger partial charge >= 0.3 is 6.09 Å². The number of ether oxygens (including phenoxy) is 1. The van der Waals surface area contributed by atoms with Gasteiger partial charge in [0.2, 0.25) is 0 Å². The zero-order valence-corrected chi connectivity index (χ0v) is 10.9. The van der Waals surface area contributed by atoms with E-state index in [-0.39, 0.29) is 11.5 Å². The number of nitrogens with zero attached hydrogens (tertiary/aromatic N) is 2. The minimum atomic E-state index is -0.802. The number of hydrogen-bond acceptors (Lipinski definition) is 4. The van der Waals surface area contributed by atoms with Gasteiger partial charge < -0.3 is 10.5 Å². The standard InChI is InChI=1S/C12H15N3O4/c1-12(2,3)19-11(16)14-10(13)8-4-6-9(7-5-8)15(17)18/h4-7H,1-3H3,(H2,13,14,16). The SMILES string of the molecule is CC(C)(C)OC(=O)N=C(N)c1ccc([N+](=O)[O-])cc1. The summed E-state index contributed by atoms with van der Waals surface area (Å²) in [5.74, 6) is -0.0517. The van der Waals surface area contributed by atoms with Gasteiger partial charge in [0.15, 0.2) is 0 Å². The van der Waals surface area contributed by atoms with E-state index in [1.54, 1.807) is 20.8 Å². The number of aliphatic imine (C=N–C) groups is 1. The zero-order valence-electron chi connectivity index (χ0n) is 10.9. The molecule has 0 heterocycles. The minimum Gasteiger partial charge on any atom is -0.442 e. The second kappa shape index (κ2) is 5.47. The van der Waals surface area contributed by atoms with Gasteiger partial charge in [0.1, 0.15) is 11.4 Å². The summed E-state index contributed by atoms with van der Waals surface area (Å²) in [6, 6.07) is 5.41. The maximum absolute atomic E-state index is 11.4. The van der Waals surface area contributed by atoms with Crippen LogP contribution in [-0.4, -0.2) is 22.5 Å². The van der Waals surface area contributed by atoms with Crippen molar-refractivity contribution in [2.75, 3.05) is 0 Å². The highest BCUT2D eigenvalue weighted by molar-refractivity contribution is 6.02. The highest BCUT2D eigenvalue weighted by Gasteiger charge is 2.16. The Labute approximate surface area is 110 Å². The fourth-order valence-corrected chi connectivity index (χ4v) is 1.20. The van der Waals surface area contributed by atoms with Gasteiger partial charge in [0.25, 0.3) is 5.69 Å². The van der Waals surface area contributed by atoms with E-state index in [4.69, 9.17) is 10.5 Å². The van der Waals surface area contributed by atoms with E-state index in [1.807, 2.05) is 0 Å². The Kier molecular flexibility index (Phi) is 4.21. The maximum atomic E-state index is 11.4. The first-order chi connectivity index (χ1) is 8.69. The van der Waals surface area contributed by atoms with Crippen molar-refractivity contribution >= 4 is 17.6 Å². The van der Waals surface area contributed by atoms with Crippen LogP contribution in [0.3, 0.4) is 0 Å². The van der Waals surface area contributed by atoms with Gasteiger partial charge in [0, 0.05) is 17.7 Å². The molecule has 2 N–H and O–H groups in total. The monoisotopic (exact) mass is 265 g/mol. The highest BCUT2D eigenvalue weighted by Crippen LogP contribution is 2.12. The maximum Gasteiger partial charge on any atom is 0.436 e. The number of amidine groups is 1. The van der Waals surface area contributed by atoms with Crippen LogP contribution in [0.15, 0.2) is 29.3 Å². The molecule has 7 nitrogen and oxygen atoms in total. The highest BCUT2D eigenvalue weighted by atomic mass is 16.6. The van der Waals surface area contributed by atoms with E-state index in [9.17, 15) is 14.9 Å². The second-order valence-electron chi connectivity index (χ2n) is 4.78. The van der Waals surface area contributed by atoms with Crippen LogP contribution >= 0.6 is 0 Å². The number of carbonyl (C=O) groups excluding carboxylic acids is 1. The Bertz CT molecular complexity index is 515. The molecular weight excluding hydrogens is 250 g/mol. The van der Waals surface area contributed by atoms with Gasteiger partial charge in [-0.1, -0.05) is 0 Å². The van der Waals surface area contributed by atoms with Crippen LogP contribution in [0.5, 0.6) is 0 Å². The summed E-state index contributed by atoms with van der Waals surface area (Å²) in [6.07, 6.45) is -0.802. The number of hydrogen-bond donors (Lipinski definition) is 1. The van der Waals surface area contributed by atoms with Crippen LogP contribution in [0.4, 0.5) is 10.5 Å². The van der Waals surface area contributed by atoms with Gasteiger partial charge in [-0.2, -0.15) is 4.99 Å². The van der Waals surface area contributed by atoms with E-state index < -0.39 is 16.6 Å². The van der Waals surface area contributed by atoms with E-state index in [1.165, 1.54) is 24.3 Å². The Morgan fingerprint density at radius 3 is 2.26 bits per heavy atom. The molecule has 7 heteroatoms. The van der Waals surface area contributed by atoms with Crippen molar-refractivity contribution < 1.29 is 14.5 Å². The average molecular weight is 265 g/mol. The number of non-ortho nitro benzene ring substituents is 1. The molecule has 0 radical (unpaired) electrons. The fourth-order valence-electron chi connectivity index (χ4n) is 1.20. The van der Waals surface area contributed by atoms with Crippen LogP contribution in [-0.2, 0) is 4.74 Å². The van der Waals surface area contributed by atoms with E-state index in [0.29, 0.717) is 5.56 Å². The molecular formula is C12H15N3O4. The minimum absolute atomic E-state index is 0.0517. The van der Waals surface area contributed by atoms with Crippen LogP contribution < -0.4 is 5.73 Å². The molecule has 1 aromatic carbocycles. The molecule has 1 rings (SSSR count). The third kappa shape index (κ3) is 4.74. The molecule has 0 aliphatic heterocycles. The van der Waals surface area contributed by atoms with Crippen LogP contribution in [0.2, 0.25) is 0 Å². The first-order valence-electron chi connectivity index (χ1n) is 5.51. The third-order valence-corrected chi connectivity index (χ3v) is 1.98. The van der Waals surface area contributed by atoms with Gasteiger partial charge in [0.05, 0.1) is 4.92 Å². The molecule has 0 bridgehead atoms. The van der Waals surface area contributed by atoms with Gasteiger partial charge in [-0.15, -0.1) is 0 Å². The number of benzene rings is 1. The Morgan fingerprint density at radius 1 is 1.32 bits per heavy atom. The predicted octanol–water partition coefficient (Wildman–Crippen LogP) is 2.24. The quantitative estimate of drug-likeness (QED) is 0.382. The molecule has 0 aliphatic rings. The Hall–Kier alpha value is -2.44. The van der Waals surface area contributed by atoms with Crippen molar-refractivity contribution in [1.82, 2.24) is 0 Å². The fraction of sp³-hybridized carbons (Fsp3) is 0.333. The van der Waals surface area contributed by atoms with Crippen LogP contribution in [0, 0.1) is 10.1 Å². The number of amides is 1. The lowest BCUT2D eigenvalue weighted by Gasteiger charge is -2.17. The van der Waals surface area contributed by atoms with Crippen molar-refractivity contribution in [1.29, 1.82) is 0 Å². The molecule has 0 aliphatic carbocycles. The smallest absolute Gasteiger partial charge is 0.436 e. The zero-order chi connectivity index (χ0) is 14.6. The van der Waals surface area contributed by atoms with E-state index >= 15 is 0 Å². The average Bonchev–Trinajstić information content (AvgIpc) is 2.26. The van der Waals surface area contributed by atoms with Crippen molar-refractivity contribution in [2.24, 2.45) is 10.7 Å². The molecule has 1 aromatic rings. The second-order valence-corrected chi connectivity index (χ2v) is 4.78. The van der Waals surface area contributed by atoms with Gasteiger partial charge in [-0.05, 0) is 32.9 Å². The van der Waals surface area contributed by atoms with Crippen molar-refractivity contribution in [3.05, 3.63) is 39.9 Å². The third-order valence-electron chi connectivity index (χ3n) is 1.98. The lowest BCUT2D eigenvalue weighted by molar-refractivity contribution is -0.384. The summed E-state index contributed by atoms with van der Waals surface area (Å²) < 4.78 is 4.98. The van der Waals surface area contributed by atoms with Crippen LogP contribution in [0.1, 0.15) is 26.3 Å². The molecule has 102 valence electrons. The van der Waals surface area contributed by atoms with E-state index in [2.05, 4.69) is 4.99 Å². The molecule has 0 saturated heterocycles. The number of carbonyl (C=O) groups is 1. The summed E-state index contributed by atoms with van der Waals surface area (Å²) in [5, 5.41) is 10.5. The lowest BCUT2D eigenvalue weighted by Crippen LogP contribution is -2.24. The van der Waals surface area contributed by atoms with Crippen molar-refractivity contribution in [3.8, 4) is 0 Å². The summed E-state index contributed by atoms with van der Waals surface area (Å²) in [6.45, 7) is 5.13. The van der Waals surface area contributed by atoms with Crippen molar-refractivity contribution in [3.63, 3.8) is 0 Å². The number of nitrogens with two attached hydrogens (primary N) is 1.